The van der Waals surface area contributed by atoms with Gasteiger partial charge in [-0.2, -0.15) is 0 Å². The van der Waals surface area contributed by atoms with E-state index in [0.29, 0.717) is 6.54 Å². The SMILES string of the molecule is CN1CCC(C)(Oc2ccccc2CCN)CC1. The molecule has 0 aliphatic carbocycles. The van der Waals surface area contributed by atoms with Crippen LogP contribution >= 0.6 is 0 Å². The first-order chi connectivity index (χ1) is 8.63. The number of hydrogen-bond acceptors (Lipinski definition) is 3. The van der Waals surface area contributed by atoms with Gasteiger partial charge in [0.1, 0.15) is 11.4 Å². The van der Waals surface area contributed by atoms with E-state index in [9.17, 15) is 0 Å². The van der Waals surface area contributed by atoms with Crippen LogP contribution in [-0.4, -0.2) is 37.2 Å². The molecule has 1 aromatic rings. The van der Waals surface area contributed by atoms with Crippen molar-refractivity contribution in [1.82, 2.24) is 4.90 Å². The zero-order valence-corrected chi connectivity index (χ0v) is 11.5. The standard InChI is InChI=1S/C15H24N2O/c1-15(8-11-17(2)12-9-15)18-14-6-4-3-5-13(14)7-10-16/h3-6H,7-12,16H2,1-2H3. The number of likely N-dealkylation sites (tertiary alicyclic amines) is 1. The fourth-order valence-corrected chi connectivity index (χ4v) is 2.42. The van der Waals surface area contributed by atoms with Crippen LogP contribution in [0.1, 0.15) is 25.3 Å². The highest BCUT2D eigenvalue weighted by Crippen LogP contribution is 2.30. The van der Waals surface area contributed by atoms with Crippen LogP contribution in [0.25, 0.3) is 0 Å². The molecule has 100 valence electrons. The molecular formula is C15H24N2O. The first-order valence-electron chi connectivity index (χ1n) is 6.78. The molecule has 1 aliphatic heterocycles. The first-order valence-corrected chi connectivity index (χ1v) is 6.78. The average Bonchev–Trinajstić information content (AvgIpc) is 2.36. The smallest absolute Gasteiger partial charge is 0.123 e. The lowest BCUT2D eigenvalue weighted by Crippen LogP contribution is -2.44. The minimum atomic E-state index is -0.0305. The average molecular weight is 248 g/mol. The van der Waals surface area contributed by atoms with E-state index in [1.807, 2.05) is 6.07 Å². The summed E-state index contributed by atoms with van der Waals surface area (Å²) in [6.07, 6.45) is 3.05. The summed E-state index contributed by atoms with van der Waals surface area (Å²) in [6, 6.07) is 8.26. The maximum Gasteiger partial charge on any atom is 0.123 e. The molecule has 1 heterocycles. The van der Waals surface area contributed by atoms with Crippen LogP contribution in [0.15, 0.2) is 24.3 Å². The van der Waals surface area contributed by atoms with Gasteiger partial charge in [-0.05, 0) is 51.4 Å². The van der Waals surface area contributed by atoms with E-state index < -0.39 is 0 Å². The van der Waals surface area contributed by atoms with Crippen LogP contribution in [0.3, 0.4) is 0 Å². The molecule has 2 rings (SSSR count). The summed E-state index contributed by atoms with van der Waals surface area (Å²) in [5, 5.41) is 0. The van der Waals surface area contributed by atoms with Gasteiger partial charge in [0.25, 0.3) is 0 Å². The number of nitrogens with zero attached hydrogens (tertiary/aromatic N) is 1. The molecule has 0 saturated carbocycles. The Hall–Kier alpha value is -1.06. The van der Waals surface area contributed by atoms with Crippen molar-refractivity contribution in [3.63, 3.8) is 0 Å². The molecule has 0 aromatic heterocycles. The van der Waals surface area contributed by atoms with Crippen molar-refractivity contribution in [2.45, 2.75) is 31.8 Å². The predicted molar refractivity (Wildman–Crippen MR) is 75.0 cm³/mol. The number of para-hydroxylation sites is 1. The molecule has 1 saturated heterocycles. The second-order valence-electron chi connectivity index (χ2n) is 5.50. The molecule has 2 N–H and O–H groups in total. The summed E-state index contributed by atoms with van der Waals surface area (Å²) < 4.78 is 6.29. The van der Waals surface area contributed by atoms with Gasteiger partial charge in [0, 0.05) is 13.1 Å². The highest BCUT2D eigenvalue weighted by atomic mass is 16.5. The summed E-state index contributed by atoms with van der Waals surface area (Å²) in [6.45, 7) is 5.10. The van der Waals surface area contributed by atoms with Crippen molar-refractivity contribution in [3.8, 4) is 5.75 Å². The molecule has 3 heteroatoms. The number of hydrogen-bond donors (Lipinski definition) is 1. The molecule has 0 amide bonds. The summed E-state index contributed by atoms with van der Waals surface area (Å²) in [4.78, 5) is 2.36. The van der Waals surface area contributed by atoms with Crippen LogP contribution in [0.5, 0.6) is 5.75 Å². The predicted octanol–water partition coefficient (Wildman–Crippen LogP) is 2.05. The van der Waals surface area contributed by atoms with Crippen LogP contribution in [-0.2, 0) is 6.42 Å². The van der Waals surface area contributed by atoms with Gasteiger partial charge in [-0.15, -0.1) is 0 Å². The lowest BCUT2D eigenvalue weighted by Gasteiger charge is -2.38. The summed E-state index contributed by atoms with van der Waals surface area (Å²) >= 11 is 0. The van der Waals surface area contributed by atoms with E-state index in [-0.39, 0.29) is 5.60 Å². The molecule has 0 atom stereocenters. The van der Waals surface area contributed by atoms with Crippen LogP contribution in [0.4, 0.5) is 0 Å². The van der Waals surface area contributed by atoms with Gasteiger partial charge in [0.2, 0.25) is 0 Å². The zero-order valence-electron chi connectivity index (χ0n) is 11.5. The third kappa shape index (κ3) is 3.24. The van der Waals surface area contributed by atoms with E-state index in [1.54, 1.807) is 0 Å². The monoisotopic (exact) mass is 248 g/mol. The summed E-state index contributed by atoms with van der Waals surface area (Å²) in [7, 11) is 2.17. The molecule has 3 nitrogen and oxygen atoms in total. The van der Waals surface area contributed by atoms with E-state index in [4.69, 9.17) is 10.5 Å². The minimum Gasteiger partial charge on any atom is -0.487 e. The minimum absolute atomic E-state index is 0.0305. The third-order valence-electron chi connectivity index (χ3n) is 3.79. The Balaban J connectivity index is 2.08. The molecule has 0 spiro atoms. The highest BCUT2D eigenvalue weighted by Gasteiger charge is 2.31. The molecule has 1 aliphatic rings. The number of rotatable bonds is 4. The van der Waals surface area contributed by atoms with Crippen molar-refractivity contribution >= 4 is 0 Å². The Morgan fingerprint density at radius 3 is 2.61 bits per heavy atom. The molecule has 18 heavy (non-hydrogen) atoms. The summed E-state index contributed by atoms with van der Waals surface area (Å²) in [5.74, 6) is 1.01. The maximum atomic E-state index is 6.29. The molecule has 1 fully saturated rings. The zero-order chi connectivity index (χ0) is 13.0. The Kier molecular flexibility index (Phi) is 4.25. The lowest BCUT2D eigenvalue weighted by atomic mass is 9.93. The Morgan fingerprint density at radius 1 is 1.28 bits per heavy atom. The summed E-state index contributed by atoms with van der Waals surface area (Å²) in [5.41, 5.74) is 6.84. The quantitative estimate of drug-likeness (QED) is 0.886. The van der Waals surface area contributed by atoms with Crippen LogP contribution < -0.4 is 10.5 Å². The molecular weight excluding hydrogens is 224 g/mol. The highest BCUT2D eigenvalue weighted by molar-refractivity contribution is 5.34. The molecule has 0 unspecified atom stereocenters. The van der Waals surface area contributed by atoms with Gasteiger partial charge in [0.05, 0.1) is 0 Å². The lowest BCUT2D eigenvalue weighted by molar-refractivity contribution is 0.0233. The van der Waals surface area contributed by atoms with E-state index in [2.05, 4.69) is 37.1 Å². The first kappa shape index (κ1) is 13.4. The number of benzene rings is 1. The number of piperidine rings is 1. The van der Waals surface area contributed by atoms with E-state index >= 15 is 0 Å². The topological polar surface area (TPSA) is 38.5 Å². The normalized spacial score (nSPS) is 19.7. The van der Waals surface area contributed by atoms with Gasteiger partial charge in [-0.3, -0.25) is 0 Å². The van der Waals surface area contributed by atoms with Gasteiger partial charge < -0.3 is 15.4 Å². The molecule has 0 radical (unpaired) electrons. The second-order valence-corrected chi connectivity index (χ2v) is 5.50. The van der Waals surface area contributed by atoms with Crippen LogP contribution in [0, 0.1) is 0 Å². The largest absolute Gasteiger partial charge is 0.487 e. The maximum absolute atomic E-state index is 6.29. The van der Waals surface area contributed by atoms with Crippen LogP contribution in [0.2, 0.25) is 0 Å². The second kappa shape index (κ2) is 5.72. The Morgan fingerprint density at radius 2 is 1.94 bits per heavy atom. The van der Waals surface area contributed by atoms with Gasteiger partial charge in [-0.25, -0.2) is 0 Å². The fourth-order valence-electron chi connectivity index (χ4n) is 2.42. The van der Waals surface area contributed by atoms with Crippen molar-refractivity contribution in [2.75, 3.05) is 26.7 Å². The van der Waals surface area contributed by atoms with Gasteiger partial charge >= 0.3 is 0 Å². The molecule has 0 bridgehead atoms. The Bertz CT molecular complexity index is 384. The fraction of sp³-hybridized carbons (Fsp3) is 0.600. The van der Waals surface area contributed by atoms with Crippen molar-refractivity contribution in [1.29, 1.82) is 0 Å². The van der Waals surface area contributed by atoms with Crippen molar-refractivity contribution < 1.29 is 4.74 Å². The van der Waals surface area contributed by atoms with Gasteiger partial charge in [-0.1, -0.05) is 18.2 Å². The Labute approximate surface area is 110 Å². The number of ether oxygens (including phenoxy) is 1. The van der Waals surface area contributed by atoms with Crippen molar-refractivity contribution in [3.05, 3.63) is 29.8 Å². The number of nitrogens with two attached hydrogens (primary N) is 1. The third-order valence-corrected chi connectivity index (χ3v) is 3.79. The van der Waals surface area contributed by atoms with Crippen molar-refractivity contribution in [2.24, 2.45) is 5.73 Å². The van der Waals surface area contributed by atoms with Gasteiger partial charge in [0.15, 0.2) is 0 Å². The molecule has 1 aromatic carbocycles. The van der Waals surface area contributed by atoms with E-state index in [1.165, 1.54) is 5.56 Å². The van der Waals surface area contributed by atoms with E-state index in [0.717, 1.165) is 38.1 Å².